The molecule has 0 aliphatic carbocycles. The van der Waals surface area contributed by atoms with Crippen LogP contribution in [0.2, 0.25) is 0 Å². The molecule has 6 atom stereocenters. The quantitative estimate of drug-likeness (QED) is 0.557. The van der Waals surface area contributed by atoms with Gasteiger partial charge in [-0.3, -0.25) is 4.58 Å². The summed E-state index contributed by atoms with van der Waals surface area (Å²) in [5, 5.41) is 7.69. The molecule has 5 heterocycles. The third kappa shape index (κ3) is 2.78. The van der Waals surface area contributed by atoms with E-state index in [1.807, 2.05) is 0 Å². The lowest BCUT2D eigenvalue weighted by atomic mass is 9.90. The van der Waals surface area contributed by atoms with Gasteiger partial charge in [0, 0.05) is 25.7 Å². The van der Waals surface area contributed by atoms with Gasteiger partial charge in [0.2, 0.25) is 0 Å². The highest BCUT2D eigenvalue weighted by molar-refractivity contribution is 5.77. The number of rotatable bonds is 1. The normalized spacial score (nSPS) is 47.5. The van der Waals surface area contributed by atoms with E-state index in [9.17, 15) is 0 Å². The first-order valence-electron chi connectivity index (χ1n) is 10.8. The standard InChI is InChI=1S/C21H33N3O2/c1-3-18-8-4-5-11-21(26-18)14-17-10-9-16-13-20(12-6-7-15(2)25-20)22-19(23-21)24(16)17/h4,8,15-18H,3,5-7,9-14H2,1-2H3,(H,22,23)/p+1/t15-,16-,17+,18+,20-,21+/m1/s1. The summed E-state index contributed by atoms with van der Waals surface area (Å²) >= 11 is 0. The van der Waals surface area contributed by atoms with Crippen molar-refractivity contribution in [3.63, 3.8) is 0 Å². The fourth-order valence-electron chi connectivity index (χ4n) is 6.02. The summed E-state index contributed by atoms with van der Waals surface area (Å²) in [6.07, 6.45) is 16.6. The lowest BCUT2D eigenvalue weighted by molar-refractivity contribution is -0.603. The molecule has 2 spiro atoms. The highest BCUT2D eigenvalue weighted by Crippen LogP contribution is 2.42. The highest BCUT2D eigenvalue weighted by Gasteiger charge is 2.57. The predicted octanol–water partition coefficient (Wildman–Crippen LogP) is 3.00. The first-order chi connectivity index (χ1) is 12.6. The Bertz CT molecular complexity index is 633. The Labute approximate surface area is 157 Å². The van der Waals surface area contributed by atoms with Crippen molar-refractivity contribution in [1.29, 1.82) is 0 Å². The van der Waals surface area contributed by atoms with Gasteiger partial charge in [0.1, 0.15) is 0 Å². The molecule has 0 amide bonds. The van der Waals surface area contributed by atoms with Gasteiger partial charge in [-0.25, -0.2) is 10.6 Å². The topological polar surface area (TPSA) is 45.5 Å². The molecule has 0 saturated carbocycles. The first-order valence-corrected chi connectivity index (χ1v) is 10.8. The molecule has 5 nitrogen and oxygen atoms in total. The van der Waals surface area contributed by atoms with Crippen molar-refractivity contribution in [2.45, 2.75) is 114 Å². The average Bonchev–Trinajstić information content (AvgIpc) is 2.89. The van der Waals surface area contributed by atoms with Gasteiger partial charge in [0.05, 0.1) is 24.3 Å². The Morgan fingerprint density at radius 2 is 1.81 bits per heavy atom. The van der Waals surface area contributed by atoms with Crippen molar-refractivity contribution in [1.82, 2.24) is 10.6 Å². The third-order valence-electron chi connectivity index (χ3n) is 7.16. The number of allylic oxidation sites excluding steroid dienone is 1. The molecule has 5 aliphatic heterocycles. The molecule has 0 radical (unpaired) electrons. The summed E-state index contributed by atoms with van der Waals surface area (Å²) in [5.74, 6) is 1.18. The Hall–Kier alpha value is -1.07. The van der Waals surface area contributed by atoms with Crippen molar-refractivity contribution in [2.24, 2.45) is 0 Å². The Morgan fingerprint density at radius 3 is 2.50 bits per heavy atom. The van der Waals surface area contributed by atoms with Gasteiger partial charge in [-0.1, -0.05) is 19.1 Å². The van der Waals surface area contributed by atoms with Crippen LogP contribution in [-0.4, -0.2) is 46.3 Å². The van der Waals surface area contributed by atoms with Gasteiger partial charge in [-0.15, -0.1) is 0 Å². The fraction of sp³-hybridized carbons (Fsp3) is 0.857. The number of nitrogens with zero attached hydrogens (tertiary/aromatic N) is 1. The Morgan fingerprint density at radius 1 is 1.08 bits per heavy atom. The molecular weight excluding hydrogens is 326 g/mol. The fourth-order valence-corrected chi connectivity index (χ4v) is 6.02. The van der Waals surface area contributed by atoms with Crippen LogP contribution in [0.4, 0.5) is 0 Å². The van der Waals surface area contributed by atoms with E-state index >= 15 is 0 Å². The average molecular weight is 361 g/mol. The van der Waals surface area contributed by atoms with E-state index in [2.05, 4.69) is 41.2 Å². The highest BCUT2D eigenvalue weighted by atomic mass is 16.5. The van der Waals surface area contributed by atoms with Crippen LogP contribution in [0.1, 0.15) is 78.1 Å². The molecule has 0 unspecified atom stereocenters. The summed E-state index contributed by atoms with van der Waals surface area (Å²) in [5.41, 5.74) is -0.414. The van der Waals surface area contributed by atoms with E-state index in [4.69, 9.17) is 9.47 Å². The third-order valence-corrected chi connectivity index (χ3v) is 7.16. The molecule has 5 rings (SSSR count). The van der Waals surface area contributed by atoms with Gasteiger partial charge in [0.15, 0.2) is 11.4 Å². The van der Waals surface area contributed by atoms with Gasteiger partial charge in [-0.2, -0.15) is 0 Å². The molecule has 5 heteroatoms. The second-order valence-corrected chi connectivity index (χ2v) is 9.14. The molecule has 5 aliphatic rings. The molecule has 26 heavy (non-hydrogen) atoms. The van der Waals surface area contributed by atoms with Crippen molar-refractivity contribution in [3.8, 4) is 0 Å². The maximum Gasteiger partial charge on any atom is 0.350 e. The molecule has 0 aromatic carbocycles. The summed E-state index contributed by atoms with van der Waals surface area (Å²) in [6, 6.07) is 1.20. The molecule has 2 N–H and O–H groups in total. The second-order valence-electron chi connectivity index (χ2n) is 9.14. The molecular formula is C21H34N3O2+. The summed E-state index contributed by atoms with van der Waals surface area (Å²) in [7, 11) is 0. The lowest BCUT2D eigenvalue weighted by Gasteiger charge is -2.47. The first kappa shape index (κ1) is 17.1. The van der Waals surface area contributed by atoms with E-state index in [-0.39, 0.29) is 17.6 Å². The SMILES string of the molecule is CC[C@H]1C=CCC[C@@]2(C[C@@H]3CC[C@@H]4C[C@]5(CCC[C@@H](C)O5)NC(=[N+]43)N2)O1. The zero-order valence-corrected chi connectivity index (χ0v) is 16.3. The van der Waals surface area contributed by atoms with Gasteiger partial charge < -0.3 is 9.47 Å². The second kappa shape index (κ2) is 6.23. The minimum absolute atomic E-state index is 0.179. The summed E-state index contributed by atoms with van der Waals surface area (Å²) < 4.78 is 15.8. The van der Waals surface area contributed by atoms with Crippen LogP contribution < -0.4 is 10.6 Å². The molecule has 144 valence electrons. The Kier molecular flexibility index (Phi) is 4.09. The molecule has 0 aromatic rings. The van der Waals surface area contributed by atoms with Gasteiger partial charge in [0.25, 0.3) is 0 Å². The molecule has 2 saturated heterocycles. The van der Waals surface area contributed by atoms with Crippen LogP contribution in [0.5, 0.6) is 0 Å². The zero-order chi connectivity index (χ0) is 17.8. The maximum absolute atomic E-state index is 6.66. The molecule has 0 bridgehead atoms. The van der Waals surface area contributed by atoms with Crippen LogP contribution in [0.3, 0.4) is 0 Å². The number of hydrogen-bond acceptors (Lipinski definition) is 4. The summed E-state index contributed by atoms with van der Waals surface area (Å²) in [6.45, 7) is 4.44. The predicted molar refractivity (Wildman–Crippen MR) is 101 cm³/mol. The smallest absolute Gasteiger partial charge is 0.340 e. The van der Waals surface area contributed by atoms with Crippen molar-refractivity contribution < 1.29 is 14.0 Å². The zero-order valence-electron chi connectivity index (χ0n) is 16.3. The van der Waals surface area contributed by atoms with E-state index < -0.39 is 0 Å². The van der Waals surface area contributed by atoms with Crippen LogP contribution in [0, 0.1) is 0 Å². The summed E-state index contributed by atoms with van der Waals surface area (Å²) in [4.78, 5) is 0. The molecule has 2 fully saturated rings. The van der Waals surface area contributed by atoms with Crippen LogP contribution in [0.25, 0.3) is 0 Å². The van der Waals surface area contributed by atoms with E-state index in [0.29, 0.717) is 18.2 Å². The largest absolute Gasteiger partial charge is 0.350 e. The number of nitrogens with one attached hydrogen (secondary N) is 2. The van der Waals surface area contributed by atoms with Gasteiger partial charge in [-0.05, 0) is 45.4 Å². The van der Waals surface area contributed by atoms with Crippen LogP contribution >= 0.6 is 0 Å². The minimum atomic E-state index is -0.235. The Balaban J connectivity index is 1.45. The maximum atomic E-state index is 6.66. The van der Waals surface area contributed by atoms with E-state index in [0.717, 1.165) is 38.5 Å². The minimum Gasteiger partial charge on any atom is -0.340 e. The van der Waals surface area contributed by atoms with Crippen molar-refractivity contribution >= 4 is 5.96 Å². The lowest BCUT2D eigenvalue weighted by Crippen LogP contribution is -2.72. The van der Waals surface area contributed by atoms with Crippen LogP contribution in [0.15, 0.2) is 12.2 Å². The van der Waals surface area contributed by atoms with E-state index in [1.165, 1.54) is 31.6 Å². The monoisotopic (exact) mass is 360 g/mol. The number of ether oxygens (including phenoxy) is 2. The number of hydrogen-bond donors (Lipinski definition) is 2. The molecule has 0 aromatic heterocycles. The van der Waals surface area contributed by atoms with Gasteiger partial charge >= 0.3 is 5.96 Å². The van der Waals surface area contributed by atoms with Crippen molar-refractivity contribution in [3.05, 3.63) is 12.2 Å². The number of guanidine groups is 1. The van der Waals surface area contributed by atoms with E-state index in [1.54, 1.807) is 0 Å². The van der Waals surface area contributed by atoms with Crippen LogP contribution in [-0.2, 0) is 9.47 Å². The van der Waals surface area contributed by atoms with Crippen molar-refractivity contribution in [2.75, 3.05) is 0 Å².